The number of H-pyrrole nitrogens is 1. The first-order chi connectivity index (χ1) is 9.31. The summed E-state index contributed by atoms with van der Waals surface area (Å²) >= 11 is 0. The standard InChI is InChI=1S/C15H16N2O2/c1-19-12-15(18)17(14-9-5-6-10-16-14)11-13-7-3-2-4-8-13/h2-10H,11-12H2,1H3/p+1. The van der Waals surface area contributed by atoms with Crippen LogP contribution in [0.15, 0.2) is 54.7 Å². The number of pyridine rings is 1. The summed E-state index contributed by atoms with van der Waals surface area (Å²) in [5.41, 5.74) is 1.07. The van der Waals surface area contributed by atoms with Crippen LogP contribution in [0.1, 0.15) is 5.56 Å². The lowest BCUT2D eigenvalue weighted by atomic mass is 10.2. The highest BCUT2D eigenvalue weighted by molar-refractivity contribution is 5.92. The first-order valence-electron chi connectivity index (χ1n) is 6.11. The molecule has 1 aromatic carbocycles. The van der Waals surface area contributed by atoms with Crippen LogP contribution in [0.4, 0.5) is 5.82 Å². The molecule has 0 bridgehead atoms. The van der Waals surface area contributed by atoms with E-state index in [0.717, 1.165) is 11.4 Å². The smallest absolute Gasteiger partial charge is 0.335 e. The number of carbonyl (C=O) groups is 1. The molecule has 0 atom stereocenters. The minimum absolute atomic E-state index is 0.0650. The first kappa shape index (κ1) is 13.2. The molecular formula is C15H17N2O2+. The number of carbonyl (C=O) groups excluding carboxylic acids is 1. The number of ether oxygens (including phenoxy) is 1. The van der Waals surface area contributed by atoms with Crippen molar-refractivity contribution in [3.63, 3.8) is 0 Å². The number of nitrogens with one attached hydrogen (secondary N) is 1. The first-order valence-corrected chi connectivity index (χ1v) is 6.11. The zero-order valence-corrected chi connectivity index (χ0v) is 10.9. The fraction of sp³-hybridized carbons (Fsp3) is 0.200. The van der Waals surface area contributed by atoms with Gasteiger partial charge in [0.15, 0.2) is 0 Å². The minimum atomic E-state index is -0.0752. The van der Waals surface area contributed by atoms with Gasteiger partial charge in [0, 0.05) is 13.2 Å². The molecule has 4 nitrogen and oxygen atoms in total. The minimum Gasteiger partial charge on any atom is -0.372 e. The van der Waals surface area contributed by atoms with E-state index in [1.54, 1.807) is 11.1 Å². The van der Waals surface area contributed by atoms with E-state index in [9.17, 15) is 4.79 Å². The van der Waals surface area contributed by atoms with E-state index in [0.29, 0.717) is 6.54 Å². The average molecular weight is 257 g/mol. The summed E-state index contributed by atoms with van der Waals surface area (Å²) in [6.45, 7) is 0.582. The summed E-state index contributed by atoms with van der Waals surface area (Å²) in [6.07, 6.45) is 1.80. The van der Waals surface area contributed by atoms with Crippen LogP contribution in [-0.4, -0.2) is 19.6 Å². The van der Waals surface area contributed by atoms with Gasteiger partial charge in [-0.2, -0.15) is 4.90 Å². The molecule has 98 valence electrons. The maximum Gasteiger partial charge on any atom is 0.335 e. The summed E-state index contributed by atoms with van der Waals surface area (Å²) < 4.78 is 4.94. The van der Waals surface area contributed by atoms with Crippen LogP contribution >= 0.6 is 0 Å². The Balaban J connectivity index is 2.22. The molecule has 0 saturated heterocycles. The summed E-state index contributed by atoms with van der Waals surface area (Å²) in [7, 11) is 1.52. The SMILES string of the molecule is COCC(=O)N(Cc1ccccc1)c1cccc[nH+]1. The van der Waals surface area contributed by atoms with Gasteiger partial charge in [0.2, 0.25) is 0 Å². The molecule has 4 heteroatoms. The highest BCUT2D eigenvalue weighted by Crippen LogP contribution is 2.12. The third-order valence-electron chi connectivity index (χ3n) is 2.74. The second kappa shape index (κ2) is 6.66. The van der Waals surface area contributed by atoms with Crippen LogP contribution in [0.25, 0.3) is 0 Å². The molecule has 0 fully saturated rings. The molecule has 0 spiro atoms. The maximum absolute atomic E-state index is 12.1. The Morgan fingerprint density at radius 1 is 1.16 bits per heavy atom. The normalized spacial score (nSPS) is 10.2. The summed E-state index contributed by atoms with van der Waals surface area (Å²) in [5.74, 6) is 0.683. The monoisotopic (exact) mass is 257 g/mol. The summed E-state index contributed by atoms with van der Waals surface area (Å²) in [5, 5.41) is 0. The van der Waals surface area contributed by atoms with E-state index >= 15 is 0 Å². The number of rotatable bonds is 5. The van der Waals surface area contributed by atoms with E-state index in [1.807, 2.05) is 48.5 Å². The number of anilines is 1. The van der Waals surface area contributed by atoms with Gasteiger partial charge < -0.3 is 4.74 Å². The predicted octanol–water partition coefficient (Wildman–Crippen LogP) is 1.68. The van der Waals surface area contributed by atoms with Crippen LogP contribution in [0.5, 0.6) is 0 Å². The zero-order chi connectivity index (χ0) is 13.5. The Morgan fingerprint density at radius 3 is 2.53 bits per heavy atom. The van der Waals surface area contributed by atoms with E-state index in [-0.39, 0.29) is 12.5 Å². The van der Waals surface area contributed by atoms with Crippen molar-refractivity contribution in [2.45, 2.75) is 6.54 Å². The fourth-order valence-electron chi connectivity index (χ4n) is 1.83. The number of nitrogens with zero attached hydrogens (tertiary/aromatic N) is 1. The van der Waals surface area contributed by atoms with Gasteiger partial charge in [-0.25, -0.2) is 9.78 Å². The third-order valence-corrected chi connectivity index (χ3v) is 2.74. The quantitative estimate of drug-likeness (QED) is 0.818. The number of hydrogen-bond acceptors (Lipinski definition) is 2. The van der Waals surface area contributed by atoms with Crippen molar-refractivity contribution in [1.29, 1.82) is 0 Å². The molecule has 0 aliphatic carbocycles. The van der Waals surface area contributed by atoms with Crippen molar-refractivity contribution >= 4 is 11.7 Å². The fourth-order valence-corrected chi connectivity index (χ4v) is 1.83. The largest absolute Gasteiger partial charge is 0.372 e. The van der Waals surface area contributed by atoms with Crippen LogP contribution in [0.2, 0.25) is 0 Å². The highest BCUT2D eigenvalue weighted by atomic mass is 16.5. The third kappa shape index (κ3) is 3.63. The molecule has 0 radical (unpaired) electrons. The molecular weight excluding hydrogens is 240 g/mol. The van der Waals surface area contributed by atoms with Crippen molar-refractivity contribution in [2.75, 3.05) is 18.6 Å². The van der Waals surface area contributed by atoms with Gasteiger partial charge in [-0.05, 0) is 11.6 Å². The zero-order valence-electron chi connectivity index (χ0n) is 10.9. The molecule has 1 heterocycles. The van der Waals surface area contributed by atoms with Crippen molar-refractivity contribution in [2.24, 2.45) is 0 Å². The molecule has 1 aromatic heterocycles. The van der Waals surface area contributed by atoms with Gasteiger partial charge in [0.05, 0.1) is 6.20 Å². The van der Waals surface area contributed by atoms with Crippen molar-refractivity contribution < 1.29 is 14.5 Å². The molecule has 0 saturated carbocycles. The summed E-state index contributed by atoms with van der Waals surface area (Å²) in [6, 6.07) is 15.5. The molecule has 19 heavy (non-hydrogen) atoms. The van der Waals surface area contributed by atoms with Crippen LogP contribution in [0.3, 0.4) is 0 Å². The van der Waals surface area contributed by atoms with Crippen molar-refractivity contribution in [3.8, 4) is 0 Å². The van der Waals surface area contributed by atoms with Crippen LogP contribution in [-0.2, 0) is 16.1 Å². The number of benzene rings is 1. The molecule has 1 N–H and O–H groups in total. The van der Waals surface area contributed by atoms with Crippen molar-refractivity contribution in [3.05, 3.63) is 60.3 Å². The van der Waals surface area contributed by atoms with Crippen LogP contribution < -0.4 is 9.88 Å². The molecule has 0 aliphatic heterocycles. The van der Waals surface area contributed by atoms with E-state index in [4.69, 9.17) is 4.74 Å². The molecule has 2 rings (SSSR count). The number of hydrogen-bond donors (Lipinski definition) is 0. The van der Waals surface area contributed by atoms with Gasteiger partial charge >= 0.3 is 5.91 Å². The maximum atomic E-state index is 12.1. The lowest BCUT2D eigenvalue weighted by molar-refractivity contribution is -0.363. The number of methoxy groups -OCH3 is 1. The lowest BCUT2D eigenvalue weighted by Gasteiger charge is -2.14. The molecule has 0 unspecified atom stereocenters. The topological polar surface area (TPSA) is 43.7 Å². The Morgan fingerprint density at radius 2 is 1.89 bits per heavy atom. The van der Waals surface area contributed by atoms with E-state index in [1.165, 1.54) is 7.11 Å². The molecule has 2 aromatic rings. The lowest BCUT2D eigenvalue weighted by Crippen LogP contribution is -2.36. The second-order valence-electron chi connectivity index (χ2n) is 4.15. The Hall–Kier alpha value is -2.20. The van der Waals surface area contributed by atoms with Gasteiger partial charge in [0.1, 0.15) is 13.2 Å². The number of aromatic amines is 1. The van der Waals surface area contributed by atoms with Gasteiger partial charge in [-0.15, -0.1) is 0 Å². The van der Waals surface area contributed by atoms with Gasteiger partial charge in [-0.1, -0.05) is 36.4 Å². The predicted molar refractivity (Wildman–Crippen MR) is 72.5 cm³/mol. The van der Waals surface area contributed by atoms with Gasteiger partial charge in [0.25, 0.3) is 5.82 Å². The number of aromatic nitrogens is 1. The molecule has 0 aliphatic rings. The van der Waals surface area contributed by atoms with Gasteiger partial charge in [-0.3, -0.25) is 0 Å². The average Bonchev–Trinajstić information content (AvgIpc) is 2.47. The Labute approximate surface area is 112 Å². The number of amides is 1. The Bertz CT molecular complexity index is 514. The highest BCUT2D eigenvalue weighted by Gasteiger charge is 2.24. The second-order valence-corrected chi connectivity index (χ2v) is 4.15. The summed E-state index contributed by atoms with van der Waals surface area (Å²) in [4.78, 5) is 16.9. The van der Waals surface area contributed by atoms with Crippen molar-refractivity contribution in [1.82, 2.24) is 0 Å². The Kier molecular flexibility index (Phi) is 4.64. The van der Waals surface area contributed by atoms with E-state index < -0.39 is 0 Å². The van der Waals surface area contributed by atoms with Crippen LogP contribution in [0, 0.1) is 0 Å². The van der Waals surface area contributed by atoms with E-state index in [2.05, 4.69) is 4.98 Å². The molecule has 1 amide bonds.